The molecule has 4 nitrogen and oxygen atoms in total. The number of ether oxygens (including phenoxy) is 1. The molecule has 1 aliphatic rings. The van der Waals surface area contributed by atoms with Gasteiger partial charge in [-0.25, -0.2) is 4.99 Å². The molecule has 132 valence electrons. The van der Waals surface area contributed by atoms with Gasteiger partial charge in [-0.15, -0.1) is 0 Å². The summed E-state index contributed by atoms with van der Waals surface area (Å²) in [6.45, 7) is 0.261. The second kappa shape index (κ2) is 6.95. The topological polar surface area (TPSA) is 45.7 Å². The number of aliphatic imine (C=N–C) groups is 1. The Morgan fingerprint density at radius 2 is 2.04 bits per heavy atom. The molecular weight excluding hydrogens is 353 g/mol. The Kier molecular flexibility index (Phi) is 4.89. The molecule has 1 N–H and O–H groups in total. The number of hydrogen-bond acceptors (Lipinski definition) is 4. The fourth-order valence-electron chi connectivity index (χ4n) is 2.50. The van der Waals surface area contributed by atoms with Crippen molar-refractivity contribution in [2.75, 3.05) is 6.61 Å². The van der Waals surface area contributed by atoms with Gasteiger partial charge in [0.1, 0.15) is 5.75 Å². The molecule has 0 saturated carbocycles. The molecule has 1 aromatic carbocycles. The Balaban J connectivity index is 1.70. The van der Waals surface area contributed by atoms with Crippen LogP contribution in [0.25, 0.3) is 0 Å². The summed E-state index contributed by atoms with van der Waals surface area (Å²) in [6, 6.07) is 9.14. The number of thioether (sulfide) groups is 1. The lowest BCUT2D eigenvalue weighted by molar-refractivity contribution is -0.909. The van der Waals surface area contributed by atoms with Gasteiger partial charge in [0.05, 0.1) is 22.0 Å². The predicted molar refractivity (Wildman–Crippen MR) is 88.6 cm³/mol. The van der Waals surface area contributed by atoms with Gasteiger partial charge in [0, 0.05) is 17.2 Å². The quantitative estimate of drug-likeness (QED) is 0.655. The van der Waals surface area contributed by atoms with Crippen molar-refractivity contribution in [2.24, 2.45) is 4.99 Å². The Morgan fingerprint density at radius 3 is 2.76 bits per heavy atom. The van der Waals surface area contributed by atoms with E-state index in [4.69, 9.17) is 4.74 Å². The van der Waals surface area contributed by atoms with Crippen molar-refractivity contribution in [3.05, 3.63) is 53.3 Å². The van der Waals surface area contributed by atoms with Crippen molar-refractivity contribution in [3.63, 3.8) is 0 Å². The van der Waals surface area contributed by atoms with Gasteiger partial charge < -0.3 is 4.74 Å². The summed E-state index contributed by atoms with van der Waals surface area (Å²) in [4.78, 5) is 4.53. The van der Waals surface area contributed by atoms with E-state index in [0.717, 1.165) is 27.4 Å². The Labute approximate surface area is 146 Å². The zero-order valence-corrected chi connectivity index (χ0v) is 14.2. The van der Waals surface area contributed by atoms with E-state index in [2.05, 4.69) is 4.99 Å². The minimum Gasteiger partial charge on any atom is -0.483 e. The van der Waals surface area contributed by atoms with Crippen LogP contribution < -0.4 is 9.47 Å². The van der Waals surface area contributed by atoms with Gasteiger partial charge in [-0.05, 0) is 18.6 Å². The van der Waals surface area contributed by atoms with Crippen molar-refractivity contribution in [3.8, 4) is 5.75 Å². The summed E-state index contributed by atoms with van der Waals surface area (Å²) in [7, 11) is 0. The minimum absolute atomic E-state index is 0.106. The van der Waals surface area contributed by atoms with Crippen LogP contribution in [0.3, 0.4) is 0 Å². The number of hydrogen-bond donors (Lipinski definition) is 1. The molecule has 0 amide bonds. The van der Waals surface area contributed by atoms with Crippen LogP contribution in [-0.2, 0) is 12.2 Å². The third kappa shape index (κ3) is 4.25. The molecule has 2 heterocycles. The highest BCUT2D eigenvalue weighted by Gasteiger charge is 2.30. The molecular formula is C17H16F3N2O2S+. The van der Waals surface area contributed by atoms with E-state index in [-0.39, 0.29) is 5.75 Å². The van der Waals surface area contributed by atoms with Crippen LogP contribution in [0, 0.1) is 6.92 Å². The van der Waals surface area contributed by atoms with Gasteiger partial charge in [-0.1, -0.05) is 30.0 Å². The molecule has 0 saturated heterocycles. The molecule has 1 aromatic heterocycles. The predicted octanol–water partition coefficient (Wildman–Crippen LogP) is 3.98. The zero-order chi connectivity index (χ0) is 18.0. The van der Waals surface area contributed by atoms with Crippen LogP contribution in [0.4, 0.5) is 18.9 Å². The van der Waals surface area contributed by atoms with Crippen molar-refractivity contribution < 1.29 is 27.8 Å². The summed E-state index contributed by atoms with van der Waals surface area (Å²) in [6.07, 6.45) is -2.41. The van der Waals surface area contributed by atoms with Crippen LogP contribution in [0.5, 0.6) is 5.75 Å². The van der Waals surface area contributed by atoms with Crippen LogP contribution in [-0.4, -0.2) is 23.0 Å². The summed E-state index contributed by atoms with van der Waals surface area (Å²) < 4.78 is 42.7. The highest BCUT2D eigenvalue weighted by molar-refractivity contribution is 8.13. The van der Waals surface area contributed by atoms with E-state index in [9.17, 15) is 18.4 Å². The third-order valence-corrected chi connectivity index (χ3v) is 4.78. The first kappa shape index (κ1) is 17.6. The van der Waals surface area contributed by atoms with E-state index in [0.29, 0.717) is 17.0 Å². The first-order chi connectivity index (χ1) is 11.8. The fraction of sp³-hybridized carbons (Fsp3) is 0.294. The van der Waals surface area contributed by atoms with E-state index in [1.165, 1.54) is 24.0 Å². The van der Waals surface area contributed by atoms with Crippen LogP contribution in [0.15, 0.2) is 41.5 Å². The monoisotopic (exact) mass is 369 g/mol. The molecule has 2 aromatic rings. The lowest BCUT2D eigenvalue weighted by Crippen LogP contribution is -2.36. The molecule has 0 aliphatic carbocycles. The number of halogens is 3. The van der Waals surface area contributed by atoms with Gasteiger partial charge in [-0.3, -0.25) is 5.21 Å². The number of aromatic nitrogens is 1. The Hall–Kier alpha value is -2.22. The molecule has 0 unspecified atom stereocenters. The standard InChI is InChI=1S/C17H16F3N2O2S/c1-11-14(22(23)7-6-15(11)24-10-17(18,19)20)9-25-16-8-12-4-2-3-5-13(12)21-16/h2-7,23H,8-10H2,1H3/q+1. The number of para-hydroxylation sites is 1. The molecule has 0 fully saturated rings. The summed E-state index contributed by atoms with van der Waals surface area (Å²) in [5.41, 5.74) is 3.02. The van der Waals surface area contributed by atoms with Gasteiger partial charge in [-0.2, -0.15) is 13.2 Å². The molecule has 0 spiro atoms. The number of rotatable bonds is 4. The highest BCUT2D eigenvalue weighted by Crippen LogP contribution is 2.32. The first-order valence-electron chi connectivity index (χ1n) is 7.55. The first-order valence-corrected chi connectivity index (χ1v) is 8.53. The summed E-state index contributed by atoms with van der Waals surface area (Å²) in [5.74, 6) is 0.480. The summed E-state index contributed by atoms with van der Waals surface area (Å²) in [5, 5.41) is 10.9. The average Bonchev–Trinajstić information content (AvgIpc) is 2.96. The van der Waals surface area contributed by atoms with Crippen molar-refractivity contribution in [2.45, 2.75) is 25.3 Å². The highest BCUT2D eigenvalue weighted by atomic mass is 32.2. The van der Waals surface area contributed by atoms with Gasteiger partial charge in [0.15, 0.2) is 6.61 Å². The van der Waals surface area contributed by atoms with Crippen molar-refractivity contribution >= 4 is 22.5 Å². The molecule has 1 aliphatic heterocycles. The Morgan fingerprint density at radius 1 is 1.28 bits per heavy atom. The van der Waals surface area contributed by atoms with E-state index in [1.807, 2.05) is 24.3 Å². The number of benzene rings is 1. The SMILES string of the molecule is Cc1c(OCC(F)(F)F)cc[n+](O)c1CSC1=Nc2ccccc2C1. The molecule has 8 heteroatoms. The van der Waals surface area contributed by atoms with E-state index < -0.39 is 12.8 Å². The van der Waals surface area contributed by atoms with Crippen molar-refractivity contribution in [1.29, 1.82) is 0 Å². The van der Waals surface area contributed by atoms with Gasteiger partial charge in [0.2, 0.25) is 6.20 Å². The number of nitrogens with zero attached hydrogens (tertiary/aromatic N) is 2. The fourth-order valence-corrected chi connectivity index (χ4v) is 3.57. The maximum atomic E-state index is 12.3. The second-order valence-corrected chi connectivity index (χ2v) is 6.65. The van der Waals surface area contributed by atoms with Gasteiger partial charge in [0.25, 0.3) is 5.69 Å². The van der Waals surface area contributed by atoms with Crippen LogP contribution >= 0.6 is 11.8 Å². The van der Waals surface area contributed by atoms with Crippen LogP contribution in [0.1, 0.15) is 16.8 Å². The average molecular weight is 369 g/mol. The largest absolute Gasteiger partial charge is 0.483 e. The second-order valence-electron chi connectivity index (χ2n) is 5.60. The maximum absolute atomic E-state index is 12.3. The molecule has 3 rings (SSSR count). The number of fused-ring (bicyclic) bond motifs is 1. The summed E-state index contributed by atoms with van der Waals surface area (Å²) >= 11 is 1.45. The van der Waals surface area contributed by atoms with Gasteiger partial charge >= 0.3 is 6.18 Å². The minimum atomic E-state index is -4.41. The number of pyridine rings is 1. The molecule has 0 bridgehead atoms. The zero-order valence-electron chi connectivity index (χ0n) is 13.4. The number of alkyl halides is 3. The molecule has 0 radical (unpaired) electrons. The maximum Gasteiger partial charge on any atom is 0.422 e. The van der Waals surface area contributed by atoms with E-state index >= 15 is 0 Å². The molecule has 25 heavy (non-hydrogen) atoms. The van der Waals surface area contributed by atoms with Crippen molar-refractivity contribution in [1.82, 2.24) is 0 Å². The van der Waals surface area contributed by atoms with Crippen LogP contribution in [0.2, 0.25) is 0 Å². The molecule has 0 atom stereocenters. The Bertz CT molecular complexity index is 822. The lowest BCUT2D eigenvalue weighted by atomic mass is 10.2. The lowest BCUT2D eigenvalue weighted by Gasteiger charge is -2.11. The van der Waals surface area contributed by atoms with E-state index in [1.54, 1.807) is 6.92 Å². The normalized spacial score (nSPS) is 13.5. The smallest absolute Gasteiger partial charge is 0.422 e. The third-order valence-electron chi connectivity index (χ3n) is 3.79.